The zero-order chi connectivity index (χ0) is 15.4. The highest BCUT2D eigenvalue weighted by Crippen LogP contribution is 2.33. The first-order valence-corrected chi connectivity index (χ1v) is 8.11. The van der Waals surface area contributed by atoms with E-state index in [1.165, 1.54) is 12.5 Å². The topological polar surface area (TPSA) is 41.1 Å². The molecule has 2 rings (SSSR count). The maximum Gasteiger partial charge on any atom is 0.221 e. The second-order valence-electron chi connectivity index (χ2n) is 4.80. The lowest BCUT2D eigenvalue weighted by atomic mass is 10.1. The normalized spacial score (nSPS) is 10.3. The number of hydrogen-bond acceptors (Lipinski definition) is 2. The Kier molecular flexibility index (Phi) is 5.42. The molecule has 21 heavy (non-hydrogen) atoms. The minimum absolute atomic E-state index is 0.0693. The van der Waals surface area contributed by atoms with Crippen molar-refractivity contribution in [3.05, 3.63) is 56.5 Å². The lowest BCUT2D eigenvalue weighted by molar-refractivity contribution is -0.114. The molecule has 0 aliphatic rings. The molecule has 0 bridgehead atoms. The Morgan fingerprint density at radius 1 is 1.14 bits per heavy atom. The smallest absolute Gasteiger partial charge is 0.221 e. The average Bonchev–Trinajstić information content (AvgIpc) is 2.38. The van der Waals surface area contributed by atoms with Gasteiger partial charge < -0.3 is 10.6 Å². The molecule has 0 aromatic heterocycles. The van der Waals surface area contributed by atoms with Crippen LogP contribution in [0.15, 0.2) is 45.3 Å². The molecular formula is C16H16Br2N2O. The van der Waals surface area contributed by atoms with Crippen LogP contribution in [-0.2, 0) is 11.3 Å². The van der Waals surface area contributed by atoms with Crippen LogP contribution in [0.1, 0.15) is 18.1 Å². The minimum Gasteiger partial charge on any atom is -0.379 e. The van der Waals surface area contributed by atoms with Crippen molar-refractivity contribution >= 4 is 49.1 Å². The van der Waals surface area contributed by atoms with Crippen LogP contribution in [0.25, 0.3) is 0 Å². The monoisotopic (exact) mass is 410 g/mol. The van der Waals surface area contributed by atoms with Gasteiger partial charge in [0.25, 0.3) is 0 Å². The van der Waals surface area contributed by atoms with Crippen LogP contribution in [0.3, 0.4) is 0 Å². The Balaban J connectivity index is 2.19. The van der Waals surface area contributed by atoms with E-state index < -0.39 is 0 Å². The minimum atomic E-state index is -0.0693. The highest BCUT2D eigenvalue weighted by molar-refractivity contribution is 9.11. The summed E-state index contributed by atoms with van der Waals surface area (Å²) < 4.78 is 2.01. The summed E-state index contributed by atoms with van der Waals surface area (Å²) >= 11 is 7.14. The van der Waals surface area contributed by atoms with Crippen LogP contribution in [0, 0.1) is 6.92 Å². The fraction of sp³-hybridized carbons (Fsp3) is 0.188. The summed E-state index contributed by atoms with van der Waals surface area (Å²) in [5.41, 5.74) is 4.04. The predicted molar refractivity (Wildman–Crippen MR) is 94.7 cm³/mol. The number of rotatable bonds is 4. The molecular weight excluding hydrogens is 396 g/mol. The maximum absolute atomic E-state index is 11.2. The van der Waals surface area contributed by atoms with Gasteiger partial charge in [0.2, 0.25) is 5.91 Å². The third-order valence-electron chi connectivity index (χ3n) is 2.97. The molecule has 5 heteroatoms. The molecule has 0 saturated carbocycles. The van der Waals surface area contributed by atoms with Crippen LogP contribution in [-0.4, -0.2) is 5.91 Å². The summed E-state index contributed by atoms with van der Waals surface area (Å²) in [5, 5.41) is 6.24. The molecule has 0 spiro atoms. The molecule has 3 nitrogen and oxygen atoms in total. The van der Waals surface area contributed by atoms with Crippen LogP contribution >= 0.6 is 31.9 Å². The van der Waals surface area contributed by atoms with Gasteiger partial charge in [-0.05, 0) is 68.1 Å². The number of carbonyl (C=O) groups excluding carboxylic acids is 1. The number of aryl methyl sites for hydroxylation is 1. The number of benzene rings is 2. The van der Waals surface area contributed by atoms with E-state index >= 15 is 0 Å². The highest BCUT2D eigenvalue weighted by atomic mass is 79.9. The van der Waals surface area contributed by atoms with Crippen molar-refractivity contribution in [3.8, 4) is 0 Å². The maximum atomic E-state index is 11.2. The summed E-state index contributed by atoms with van der Waals surface area (Å²) in [6.07, 6.45) is 0. The standard InChI is InChI=1S/C16H16Br2N2O/c1-10-7-13(17)16(14(18)8-10)19-9-12-5-3-4-6-15(12)20-11(2)21/h3-8,19H,9H2,1-2H3,(H,20,21). The zero-order valence-electron chi connectivity index (χ0n) is 11.8. The van der Waals surface area contributed by atoms with E-state index in [0.717, 1.165) is 25.9 Å². The zero-order valence-corrected chi connectivity index (χ0v) is 15.0. The van der Waals surface area contributed by atoms with E-state index in [1.54, 1.807) is 0 Å². The number of anilines is 2. The van der Waals surface area contributed by atoms with Crippen LogP contribution in [0.4, 0.5) is 11.4 Å². The summed E-state index contributed by atoms with van der Waals surface area (Å²) in [6, 6.07) is 11.9. The summed E-state index contributed by atoms with van der Waals surface area (Å²) in [4.78, 5) is 11.2. The van der Waals surface area contributed by atoms with Crippen LogP contribution < -0.4 is 10.6 Å². The molecule has 2 aromatic rings. The Hall–Kier alpha value is -1.33. The fourth-order valence-electron chi connectivity index (χ4n) is 2.04. The summed E-state index contributed by atoms with van der Waals surface area (Å²) in [5.74, 6) is -0.0693. The molecule has 0 saturated heterocycles. The van der Waals surface area contributed by atoms with Crippen LogP contribution in [0.5, 0.6) is 0 Å². The van der Waals surface area contributed by atoms with Crippen molar-refractivity contribution in [3.63, 3.8) is 0 Å². The number of nitrogens with one attached hydrogen (secondary N) is 2. The van der Waals surface area contributed by atoms with Crippen molar-refractivity contribution < 1.29 is 4.79 Å². The number of carbonyl (C=O) groups is 1. The molecule has 2 aromatic carbocycles. The lowest BCUT2D eigenvalue weighted by Gasteiger charge is -2.14. The van der Waals surface area contributed by atoms with Gasteiger partial charge >= 0.3 is 0 Å². The van der Waals surface area contributed by atoms with Gasteiger partial charge in [0.15, 0.2) is 0 Å². The predicted octanol–water partition coefficient (Wildman–Crippen LogP) is 5.09. The van der Waals surface area contributed by atoms with Crippen LogP contribution in [0.2, 0.25) is 0 Å². The average molecular weight is 412 g/mol. The lowest BCUT2D eigenvalue weighted by Crippen LogP contribution is -2.10. The molecule has 2 N–H and O–H groups in total. The van der Waals surface area contributed by atoms with Crippen molar-refractivity contribution in [2.75, 3.05) is 10.6 Å². The first-order valence-electron chi connectivity index (χ1n) is 6.52. The molecule has 0 atom stereocenters. The van der Waals surface area contributed by atoms with E-state index in [2.05, 4.69) is 54.6 Å². The molecule has 0 radical (unpaired) electrons. The van der Waals surface area contributed by atoms with Gasteiger partial charge in [-0.2, -0.15) is 0 Å². The number of amides is 1. The van der Waals surface area contributed by atoms with Gasteiger partial charge in [0.1, 0.15) is 0 Å². The summed E-state index contributed by atoms with van der Waals surface area (Å²) in [7, 11) is 0. The Bertz CT molecular complexity index is 648. The third-order valence-corrected chi connectivity index (χ3v) is 4.22. The Morgan fingerprint density at radius 3 is 2.38 bits per heavy atom. The quantitative estimate of drug-likeness (QED) is 0.735. The van der Waals surface area contributed by atoms with Crippen molar-refractivity contribution in [2.24, 2.45) is 0 Å². The van der Waals surface area contributed by atoms with E-state index in [1.807, 2.05) is 31.2 Å². The van der Waals surface area contributed by atoms with E-state index in [0.29, 0.717) is 6.54 Å². The molecule has 0 aliphatic heterocycles. The van der Waals surface area contributed by atoms with E-state index in [-0.39, 0.29) is 5.91 Å². The highest BCUT2D eigenvalue weighted by Gasteiger charge is 2.08. The van der Waals surface area contributed by atoms with Gasteiger partial charge in [0, 0.05) is 28.1 Å². The van der Waals surface area contributed by atoms with Gasteiger partial charge in [-0.15, -0.1) is 0 Å². The molecule has 0 aliphatic carbocycles. The van der Waals surface area contributed by atoms with Gasteiger partial charge in [-0.3, -0.25) is 4.79 Å². The summed E-state index contributed by atoms with van der Waals surface area (Å²) in [6.45, 7) is 4.18. The molecule has 0 unspecified atom stereocenters. The number of halogens is 2. The van der Waals surface area contributed by atoms with Gasteiger partial charge in [0.05, 0.1) is 5.69 Å². The Labute approximate surface area is 141 Å². The van der Waals surface area contributed by atoms with Gasteiger partial charge in [-0.1, -0.05) is 18.2 Å². The van der Waals surface area contributed by atoms with Crippen molar-refractivity contribution in [1.82, 2.24) is 0 Å². The first-order chi connectivity index (χ1) is 9.97. The van der Waals surface area contributed by atoms with Gasteiger partial charge in [-0.25, -0.2) is 0 Å². The molecule has 0 heterocycles. The van der Waals surface area contributed by atoms with E-state index in [9.17, 15) is 4.79 Å². The molecule has 110 valence electrons. The molecule has 1 amide bonds. The van der Waals surface area contributed by atoms with Crippen molar-refractivity contribution in [1.29, 1.82) is 0 Å². The van der Waals surface area contributed by atoms with E-state index in [4.69, 9.17) is 0 Å². The largest absolute Gasteiger partial charge is 0.379 e. The molecule has 0 fully saturated rings. The van der Waals surface area contributed by atoms with Crippen molar-refractivity contribution in [2.45, 2.75) is 20.4 Å². The second-order valence-corrected chi connectivity index (χ2v) is 6.50. The fourth-order valence-corrected chi connectivity index (χ4v) is 3.73. The third kappa shape index (κ3) is 4.32. The number of hydrogen-bond donors (Lipinski definition) is 2. The number of para-hydroxylation sites is 1. The first kappa shape index (κ1) is 16.0. The SMILES string of the molecule is CC(=O)Nc1ccccc1CNc1c(Br)cc(C)cc1Br. The Morgan fingerprint density at radius 2 is 1.76 bits per heavy atom. The second kappa shape index (κ2) is 7.09.